The Morgan fingerprint density at radius 3 is 2.41 bits per heavy atom. The van der Waals surface area contributed by atoms with E-state index in [1.165, 1.54) is 23.5 Å². The third kappa shape index (κ3) is 3.06. The van der Waals surface area contributed by atoms with Gasteiger partial charge in [-0.15, -0.1) is 0 Å². The number of anilines is 1. The summed E-state index contributed by atoms with van der Waals surface area (Å²) in [6.07, 6.45) is -5.22. The largest absolute Gasteiger partial charge is 0.477 e. The monoisotopic (exact) mass is 334 g/mol. The molecule has 0 atom stereocenters. The number of aromatic nitrogens is 1. The summed E-state index contributed by atoms with van der Waals surface area (Å²) in [5, 5.41) is 10.4. The highest BCUT2D eigenvalue weighted by molar-refractivity contribution is 7.09. The maximum Gasteiger partial charge on any atom is 0.471 e. The van der Waals surface area contributed by atoms with Crippen molar-refractivity contribution < 1.29 is 32.3 Å². The molecule has 5 nitrogen and oxygen atoms in total. The van der Waals surface area contributed by atoms with Crippen molar-refractivity contribution >= 4 is 29.1 Å². The molecule has 2 aromatic rings. The number of nitrogens with zero attached hydrogens (tertiary/aromatic N) is 1. The normalized spacial score (nSPS) is 11.3. The molecular weight excluding hydrogens is 328 g/mol. The average molecular weight is 334 g/mol. The predicted octanol–water partition coefficient (Wildman–Crippen LogP) is 3.15. The van der Waals surface area contributed by atoms with E-state index in [0.29, 0.717) is 11.5 Å². The first-order valence-corrected chi connectivity index (χ1v) is 6.35. The Kier molecular flexibility index (Phi) is 4.13. The van der Waals surface area contributed by atoms with Gasteiger partial charge in [-0.2, -0.15) is 17.5 Å². The Morgan fingerprint density at radius 2 is 1.86 bits per heavy atom. The van der Waals surface area contributed by atoms with E-state index in [1.54, 1.807) is 0 Å². The Morgan fingerprint density at radius 1 is 1.23 bits per heavy atom. The van der Waals surface area contributed by atoms with Crippen LogP contribution in [0.1, 0.15) is 9.67 Å². The molecule has 22 heavy (non-hydrogen) atoms. The molecule has 0 saturated heterocycles. The lowest BCUT2D eigenvalue weighted by atomic mass is 10.1. The number of aromatic carboxylic acids is 1. The van der Waals surface area contributed by atoms with Gasteiger partial charge in [0.1, 0.15) is 11.5 Å². The van der Waals surface area contributed by atoms with Gasteiger partial charge in [0.15, 0.2) is 4.88 Å². The molecule has 0 unspecified atom stereocenters. The Labute approximate surface area is 124 Å². The van der Waals surface area contributed by atoms with Crippen LogP contribution in [0.25, 0.3) is 11.3 Å². The van der Waals surface area contributed by atoms with Crippen LogP contribution in [0, 0.1) is 5.82 Å². The second-order valence-corrected chi connectivity index (χ2v) is 4.75. The lowest BCUT2D eigenvalue weighted by Gasteiger charge is -2.09. The Hall–Kier alpha value is -2.49. The second-order valence-electron chi connectivity index (χ2n) is 3.97. The number of benzene rings is 1. The summed E-state index contributed by atoms with van der Waals surface area (Å²) in [5.41, 5.74) is -1.29. The topological polar surface area (TPSA) is 79.3 Å². The molecule has 0 saturated carbocycles. The predicted molar refractivity (Wildman–Crippen MR) is 69.2 cm³/mol. The van der Waals surface area contributed by atoms with Gasteiger partial charge in [0.25, 0.3) is 0 Å². The number of carbonyl (C=O) groups excluding carboxylic acids is 1. The van der Waals surface area contributed by atoms with E-state index in [0.717, 1.165) is 6.07 Å². The van der Waals surface area contributed by atoms with E-state index in [-0.39, 0.29) is 11.3 Å². The number of carboxylic acid groups (broad SMARTS) is 1. The molecule has 1 aromatic heterocycles. The molecule has 0 radical (unpaired) electrons. The lowest BCUT2D eigenvalue weighted by molar-refractivity contribution is -0.167. The lowest BCUT2D eigenvalue weighted by Crippen LogP contribution is -2.30. The zero-order valence-electron chi connectivity index (χ0n) is 10.4. The van der Waals surface area contributed by atoms with Gasteiger partial charge in [-0.05, 0) is 23.7 Å². The fraction of sp³-hybridized carbons (Fsp3) is 0.0833. The van der Waals surface area contributed by atoms with Crippen molar-refractivity contribution in [1.82, 2.24) is 4.37 Å². The highest BCUT2D eigenvalue weighted by Gasteiger charge is 2.40. The molecule has 0 bridgehead atoms. The van der Waals surface area contributed by atoms with E-state index in [9.17, 15) is 27.2 Å². The number of nitrogens with one attached hydrogen (secondary N) is 1. The minimum absolute atomic E-state index is 0.219. The molecule has 0 fully saturated rings. The van der Waals surface area contributed by atoms with Crippen LogP contribution < -0.4 is 5.32 Å². The molecular formula is C12H6F4N2O3S. The fourth-order valence-corrected chi connectivity index (χ4v) is 2.26. The van der Waals surface area contributed by atoms with Crippen molar-refractivity contribution in [3.05, 3.63) is 35.0 Å². The van der Waals surface area contributed by atoms with E-state index in [4.69, 9.17) is 5.11 Å². The molecule has 116 valence electrons. The highest BCUT2D eigenvalue weighted by atomic mass is 32.1. The average Bonchev–Trinajstić information content (AvgIpc) is 2.82. The maximum atomic E-state index is 13.7. The SMILES string of the molecule is O=C(O)c1snc(-c2ccccc2F)c1NC(=O)C(F)(F)F. The molecule has 0 aliphatic rings. The third-order valence-corrected chi connectivity index (χ3v) is 3.35. The number of rotatable bonds is 3. The van der Waals surface area contributed by atoms with Crippen LogP contribution in [0.3, 0.4) is 0 Å². The summed E-state index contributed by atoms with van der Waals surface area (Å²) in [5.74, 6) is -4.77. The van der Waals surface area contributed by atoms with E-state index < -0.39 is 34.4 Å². The van der Waals surface area contributed by atoms with Gasteiger partial charge < -0.3 is 10.4 Å². The molecule has 10 heteroatoms. The quantitative estimate of drug-likeness (QED) is 0.845. The zero-order chi connectivity index (χ0) is 16.5. The number of alkyl halides is 3. The van der Waals surface area contributed by atoms with Crippen molar-refractivity contribution in [2.24, 2.45) is 0 Å². The minimum atomic E-state index is -5.22. The molecule has 1 aromatic carbocycles. The maximum absolute atomic E-state index is 13.7. The molecule has 2 rings (SSSR count). The van der Waals surface area contributed by atoms with Crippen molar-refractivity contribution in [2.75, 3.05) is 5.32 Å². The molecule has 0 spiro atoms. The summed E-state index contributed by atoms with van der Waals surface area (Å²) in [7, 11) is 0. The van der Waals surface area contributed by atoms with Gasteiger partial charge in [-0.1, -0.05) is 12.1 Å². The molecule has 1 amide bonds. The van der Waals surface area contributed by atoms with E-state index >= 15 is 0 Å². The Bertz CT molecular complexity index is 742. The van der Waals surface area contributed by atoms with Gasteiger partial charge in [-0.25, -0.2) is 9.18 Å². The van der Waals surface area contributed by atoms with Crippen molar-refractivity contribution in [1.29, 1.82) is 0 Å². The molecule has 0 aliphatic carbocycles. The van der Waals surface area contributed by atoms with Crippen molar-refractivity contribution in [3.8, 4) is 11.3 Å². The van der Waals surface area contributed by atoms with Crippen LogP contribution in [-0.4, -0.2) is 27.5 Å². The van der Waals surface area contributed by atoms with Gasteiger partial charge in [0.2, 0.25) is 0 Å². The number of amides is 1. The summed E-state index contributed by atoms with van der Waals surface area (Å²) >= 11 is 0.342. The number of halogens is 4. The number of hydrogen-bond acceptors (Lipinski definition) is 4. The van der Waals surface area contributed by atoms with Crippen molar-refractivity contribution in [2.45, 2.75) is 6.18 Å². The summed E-state index contributed by atoms with van der Waals surface area (Å²) < 4.78 is 54.4. The first-order chi connectivity index (χ1) is 10.2. The van der Waals surface area contributed by atoms with Crippen LogP contribution >= 0.6 is 11.5 Å². The molecule has 0 aliphatic heterocycles. The summed E-state index contributed by atoms with van der Waals surface area (Å²) in [6.45, 7) is 0. The minimum Gasteiger partial charge on any atom is -0.477 e. The smallest absolute Gasteiger partial charge is 0.471 e. The highest BCUT2D eigenvalue weighted by Crippen LogP contribution is 2.35. The van der Waals surface area contributed by atoms with E-state index in [2.05, 4.69) is 4.37 Å². The zero-order valence-corrected chi connectivity index (χ0v) is 11.3. The fourth-order valence-electron chi connectivity index (χ4n) is 1.57. The number of carboxylic acids is 1. The molecule has 2 N–H and O–H groups in total. The first-order valence-electron chi connectivity index (χ1n) is 5.58. The van der Waals surface area contributed by atoms with Gasteiger partial charge in [0.05, 0.1) is 5.69 Å². The van der Waals surface area contributed by atoms with Crippen molar-refractivity contribution in [3.63, 3.8) is 0 Å². The van der Waals surface area contributed by atoms with Crippen LogP contribution in [0.5, 0.6) is 0 Å². The summed E-state index contributed by atoms with van der Waals surface area (Å²) in [6, 6.07) is 4.98. The first kappa shape index (κ1) is 15.9. The van der Waals surface area contributed by atoms with Crippen LogP contribution in [-0.2, 0) is 4.79 Å². The number of carbonyl (C=O) groups is 2. The van der Waals surface area contributed by atoms with Gasteiger partial charge in [-0.3, -0.25) is 4.79 Å². The van der Waals surface area contributed by atoms with E-state index in [1.807, 2.05) is 0 Å². The summed E-state index contributed by atoms with van der Waals surface area (Å²) in [4.78, 5) is 21.4. The molecule has 1 heterocycles. The Balaban J connectivity index is 2.55. The van der Waals surface area contributed by atoms with Crippen LogP contribution in [0.15, 0.2) is 24.3 Å². The standard InChI is InChI=1S/C12H6F4N2O3S/c13-6-4-2-1-3-5(6)7-8(9(10(19)20)22-18-7)17-11(21)12(14,15)16/h1-4H,(H,17,21)(H,19,20). The third-order valence-electron chi connectivity index (χ3n) is 2.51. The second kappa shape index (κ2) is 5.72. The van der Waals surface area contributed by atoms with Crippen LogP contribution in [0.4, 0.5) is 23.2 Å². The van der Waals surface area contributed by atoms with Gasteiger partial charge >= 0.3 is 18.1 Å². The van der Waals surface area contributed by atoms with Gasteiger partial charge in [0, 0.05) is 5.56 Å². The van der Waals surface area contributed by atoms with Crippen LogP contribution in [0.2, 0.25) is 0 Å². The number of hydrogen-bond donors (Lipinski definition) is 2.